The molecule has 1 aromatic heterocycles. The summed E-state index contributed by atoms with van der Waals surface area (Å²) in [6.45, 7) is 2.60. The van der Waals surface area contributed by atoms with Crippen LogP contribution in [0.1, 0.15) is 48.8 Å². The monoisotopic (exact) mass is 274 g/mol. The van der Waals surface area contributed by atoms with Gasteiger partial charge in [0.15, 0.2) is 0 Å². The Morgan fingerprint density at radius 2 is 2.05 bits per heavy atom. The van der Waals surface area contributed by atoms with E-state index in [0.29, 0.717) is 18.4 Å². The van der Waals surface area contributed by atoms with E-state index in [2.05, 4.69) is 22.3 Å². The van der Waals surface area contributed by atoms with Gasteiger partial charge in [-0.25, -0.2) is 0 Å². The molecule has 5 nitrogen and oxygen atoms in total. The number of hydrogen-bond donors (Lipinski definition) is 0. The van der Waals surface area contributed by atoms with Crippen molar-refractivity contribution in [1.29, 1.82) is 0 Å². The molecule has 0 spiro atoms. The fourth-order valence-electron chi connectivity index (χ4n) is 2.48. The van der Waals surface area contributed by atoms with Gasteiger partial charge in [-0.05, 0) is 18.9 Å². The van der Waals surface area contributed by atoms with Crippen LogP contribution in [0, 0.1) is 0 Å². The molecule has 0 amide bonds. The Morgan fingerprint density at radius 1 is 1.25 bits per heavy atom. The molecule has 3 rings (SSSR count). The van der Waals surface area contributed by atoms with Crippen LogP contribution in [0.3, 0.4) is 0 Å². The summed E-state index contributed by atoms with van der Waals surface area (Å²) < 4.78 is 16.8. The van der Waals surface area contributed by atoms with Crippen molar-refractivity contribution in [3.63, 3.8) is 0 Å². The van der Waals surface area contributed by atoms with Crippen LogP contribution in [0.2, 0.25) is 0 Å². The van der Waals surface area contributed by atoms with Crippen LogP contribution >= 0.6 is 0 Å². The first-order valence-electron chi connectivity index (χ1n) is 6.82. The maximum Gasteiger partial charge on any atom is 0.244 e. The molecule has 1 aliphatic heterocycles. The van der Waals surface area contributed by atoms with Gasteiger partial charge in [-0.15, -0.1) is 10.2 Å². The number of rotatable bonds is 4. The maximum absolute atomic E-state index is 5.84. The van der Waals surface area contributed by atoms with Gasteiger partial charge in [0.05, 0.1) is 12.0 Å². The van der Waals surface area contributed by atoms with Crippen LogP contribution in [0.5, 0.6) is 0 Å². The lowest BCUT2D eigenvalue weighted by molar-refractivity contribution is 0.0869. The molecular weight excluding hydrogens is 256 g/mol. The zero-order valence-electron chi connectivity index (χ0n) is 11.7. The van der Waals surface area contributed by atoms with E-state index in [1.54, 1.807) is 7.11 Å². The van der Waals surface area contributed by atoms with Crippen molar-refractivity contribution in [2.45, 2.75) is 31.5 Å². The Balaban J connectivity index is 1.84. The Hall–Kier alpha value is -1.72. The second-order valence-corrected chi connectivity index (χ2v) is 4.95. The molecule has 106 valence electrons. The smallest absolute Gasteiger partial charge is 0.244 e. The molecule has 1 aromatic carbocycles. The number of hydrogen-bond acceptors (Lipinski definition) is 5. The lowest BCUT2D eigenvalue weighted by atomic mass is 9.95. The molecular formula is C15H18N2O3. The molecule has 0 saturated carbocycles. The summed E-state index contributed by atoms with van der Waals surface area (Å²) in [6, 6.07) is 10.2. The van der Waals surface area contributed by atoms with Gasteiger partial charge in [0.2, 0.25) is 11.8 Å². The number of benzene rings is 1. The molecule has 3 atom stereocenters. The van der Waals surface area contributed by atoms with Crippen molar-refractivity contribution in [1.82, 2.24) is 10.2 Å². The minimum absolute atomic E-state index is 0.0117. The van der Waals surface area contributed by atoms with E-state index in [1.807, 2.05) is 25.1 Å². The van der Waals surface area contributed by atoms with Crippen LogP contribution in [-0.2, 0) is 9.47 Å². The number of ether oxygens (including phenoxy) is 2. The molecule has 0 N–H and O–H groups in total. The summed E-state index contributed by atoms with van der Waals surface area (Å²) in [5.41, 5.74) is 1.15. The third-order valence-electron chi connectivity index (χ3n) is 3.69. The van der Waals surface area contributed by atoms with Gasteiger partial charge >= 0.3 is 0 Å². The van der Waals surface area contributed by atoms with Gasteiger partial charge in [-0.2, -0.15) is 0 Å². The largest absolute Gasteiger partial charge is 0.422 e. The summed E-state index contributed by atoms with van der Waals surface area (Å²) in [4.78, 5) is 0. The zero-order valence-corrected chi connectivity index (χ0v) is 11.7. The first-order valence-corrected chi connectivity index (χ1v) is 6.82. The maximum atomic E-state index is 5.84. The van der Waals surface area contributed by atoms with Crippen LogP contribution in [-0.4, -0.2) is 23.9 Å². The second kappa shape index (κ2) is 5.73. The summed E-state index contributed by atoms with van der Waals surface area (Å²) in [5.74, 6) is 1.26. The van der Waals surface area contributed by atoms with Gasteiger partial charge in [0, 0.05) is 13.7 Å². The summed E-state index contributed by atoms with van der Waals surface area (Å²) in [5, 5.41) is 8.23. The molecule has 0 bridgehead atoms. The Labute approximate surface area is 117 Å². The van der Waals surface area contributed by atoms with Gasteiger partial charge in [-0.1, -0.05) is 30.3 Å². The topological polar surface area (TPSA) is 57.4 Å². The van der Waals surface area contributed by atoms with E-state index in [9.17, 15) is 0 Å². The third-order valence-corrected chi connectivity index (χ3v) is 3.69. The van der Waals surface area contributed by atoms with Crippen molar-refractivity contribution in [2.24, 2.45) is 0 Å². The molecule has 2 aromatic rings. The van der Waals surface area contributed by atoms with Crippen molar-refractivity contribution in [3.05, 3.63) is 47.7 Å². The molecule has 5 heteroatoms. The number of nitrogens with zero attached hydrogens (tertiary/aromatic N) is 2. The molecule has 1 aliphatic rings. The highest BCUT2D eigenvalue weighted by Gasteiger charge is 2.35. The van der Waals surface area contributed by atoms with Gasteiger partial charge in [0.1, 0.15) is 6.10 Å². The van der Waals surface area contributed by atoms with Crippen LogP contribution < -0.4 is 0 Å². The quantitative estimate of drug-likeness (QED) is 0.857. The lowest BCUT2D eigenvalue weighted by Gasteiger charge is -2.15. The van der Waals surface area contributed by atoms with Gasteiger partial charge in [-0.3, -0.25) is 0 Å². The lowest BCUT2D eigenvalue weighted by Crippen LogP contribution is -2.06. The third kappa shape index (κ3) is 2.46. The zero-order chi connectivity index (χ0) is 13.9. The highest BCUT2D eigenvalue weighted by molar-refractivity contribution is 5.21. The van der Waals surface area contributed by atoms with Gasteiger partial charge in [0.25, 0.3) is 0 Å². The first kappa shape index (κ1) is 13.3. The predicted octanol–water partition coefficient (Wildman–Crippen LogP) is 3.02. The molecule has 2 heterocycles. The van der Waals surface area contributed by atoms with E-state index in [0.717, 1.165) is 12.0 Å². The second-order valence-electron chi connectivity index (χ2n) is 4.95. The standard InChI is InChI=1S/C15H18N2O3/c1-10(18-2)14-16-17-15(20-14)12-8-9-19-13(12)11-6-4-3-5-7-11/h3-7,10,12-13H,8-9H2,1-2H3/t10?,12-,13+/m0/s1. The summed E-state index contributed by atoms with van der Waals surface area (Å²) in [6.07, 6.45) is 0.693. The first-order chi connectivity index (χ1) is 9.79. The number of methoxy groups -OCH3 is 1. The Morgan fingerprint density at radius 3 is 2.80 bits per heavy atom. The average Bonchev–Trinajstić information content (AvgIpc) is 3.15. The molecule has 0 aliphatic carbocycles. The normalized spacial score (nSPS) is 23.9. The van der Waals surface area contributed by atoms with Crippen molar-refractivity contribution < 1.29 is 13.9 Å². The van der Waals surface area contributed by atoms with Crippen molar-refractivity contribution in [3.8, 4) is 0 Å². The van der Waals surface area contributed by atoms with Crippen LogP contribution in [0.15, 0.2) is 34.7 Å². The Kier molecular flexibility index (Phi) is 3.80. The minimum atomic E-state index is -0.186. The van der Waals surface area contributed by atoms with Crippen LogP contribution in [0.4, 0.5) is 0 Å². The SMILES string of the molecule is COC(C)c1nnc([C@H]2CCO[C@@H]2c2ccccc2)o1. The molecule has 0 radical (unpaired) electrons. The van der Waals surface area contributed by atoms with Crippen LogP contribution in [0.25, 0.3) is 0 Å². The minimum Gasteiger partial charge on any atom is -0.422 e. The van der Waals surface area contributed by atoms with Crippen molar-refractivity contribution >= 4 is 0 Å². The Bertz CT molecular complexity index is 555. The van der Waals surface area contributed by atoms with Crippen molar-refractivity contribution in [2.75, 3.05) is 13.7 Å². The summed E-state index contributed by atoms with van der Waals surface area (Å²) in [7, 11) is 1.62. The highest BCUT2D eigenvalue weighted by Crippen LogP contribution is 2.41. The predicted molar refractivity (Wildman–Crippen MR) is 72.2 cm³/mol. The van der Waals surface area contributed by atoms with E-state index < -0.39 is 0 Å². The van der Waals surface area contributed by atoms with E-state index in [1.165, 1.54) is 0 Å². The molecule has 1 saturated heterocycles. The molecule has 20 heavy (non-hydrogen) atoms. The number of aromatic nitrogens is 2. The summed E-state index contributed by atoms with van der Waals surface area (Å²) >= 11 is 0. The molecule has 1 unspecified atom stereocenters. The fourth-order valence-corrected chi connectivity index (χ4v) is 2.48. The van der Waals surface area contributed by atoms with E-state index in [-0.39, 0.29) is 18.1 Å². The molecule has 1 fully saturated rings. The van der Waals surface area contributed by atoms with E-state index >= 15 is 0 Å². The fraction of sp³-hybridized carbons (Fsp3) is 0.467. The van der Waals surface area contributed by atoms with E-state index in [4.69, 9.17) is 13.9 Å². The average molecular weight is 274 g/mol. The van der Waals surface area contributed by atoms with Gasteiger partial charge < -0.3 is 13.9 Å². The highest BCUT2D eigenvalue weighted by atomic mass is 16.5.